The molecule has 4 rings (SSSR count). The molecule has 6 heteroatoms. The normalized spacial score (nSPS) is 16.1. The molecule has 25 heavy (non-hydrogen) atoms. The molecule has 1 aliphatic rings. The summed E-state index contributed by atoms with van der Waals surface area (Å²) in [5, 5.41) is 22.6. The van der Waals surface area contributed by atoms with Gasteiger partial charge >= 0.3 is 0 Å². The summed E-state index contributed by atoms with van der Waals surface area (Å²) in [4.78, 5) is 5.57. The highest BCUT2D eigenvalue weighted by atomic mass is 35.5. The molecule has 130 valence electrons. The quantitative estimate of drug-likeness (QED) is 0.639. The summed E-state index contributed by atoms with van der Waals surface area (Å²) in [5.74, 6) is 0.143. The number of aromatic amines is 1. The highest BCUT2D eigenvalue weighted by Gasteiger charge is 2.24. The van der Waals surface area contributed by atoms with Crippen molar-refractivity contribution in [2.24, 2.45) is 0 Å². The number of aliphatic hydroxyl groups excluding tert-OH is 1. The van der Waals surface area contributed by atoms with E-state index in [1.165, 1.54) is 0 Å². The number of fused-ring (bicyclic) bond motifs is 3. The second kappa shape index (κ2) is 6.54. The predicted octanol–water partition coefficient (Wildman–Crippen LogP) is 4.27. The Morgan fingerprint density at radius 1 is 1.20 bits per heavy atom. The number of H-pyrrole nitrogens is 1. The maximum atomic E-state index is 10.5. The summed E-state index contributed by atoms with van der Waals surface area (Å²) >= 11 is 12.1. The van der Waals surface area contributed by atoms with Crippen LogP contribution in [0.25, 0.3) is 10.9 Å². The van der Waals surface area contributed by atoms with Crippen molar-refractivity contribution in [3.8, 4) is 5.75 Å². The van der Waals surface area contributed by atoms with Gasteiger partial charge in [-0.25, -0.2) is 0 Å². The third-order valence-electron chi connectivity index (χ3n) is 4.80. The van der Waals surface area contributed by atoms with Gasteiger partial charge in [0.05, 0.1) is 11.1 Å². The van der Waals surface area contributed by atoms with E-state index in [2.05, 4.69) is 9.88 Å². The smallest absolute Gasteiger partial charge is 0.143 e. The summed E-state index contributed by atoms with van der Waals surface area (Å²) in [6.07, 6.45) is 0.207. The van der Waals surface area contributed by atoms with Gasteiger partial charge in [0.2, 0.25) is 0 Å². The second-order valence-corrected chi connectivity index (χ2v) is 7.30. The molecule has 0 fully saturated rings. The lowest BCUT2D eigenvalue weighted by Gasteiger charge is -2.29. The van der Waals surface area contributed by atoms with Gasteiger partial charge in [-0.05, 0) is 41.8 Å². The second-order valence-electron chi connectivity index (χ2n) is 6.46. The first-order valence-electron chi connectivity index (χ1n) is 8.19. The molecule has 4 nitrogen and oxygen atoms in total. The van der Waals surface area contributed by atoms with Crippen molar-refractivity contribution >= 4 is 34.1 Å². The third-order valence-corrected chi connectivity index (χ3v) is 5.34. The third kappa shape index (κ3) is 3.11. The number of hydrogen-bond acceptors (Lipinski definition) is 3. The molecule has 1 aliphatic heterocycles. The SMILES string of the molecule is Oc1c(Cl)ccc2[nH]c3c(c12)CCN(CC(O)c1cccc(Cl)c1)C3. The van der Waals surface area contributed by atoms with Crippen molar-refractivity contribution in [1.29, 1.82) is 0 Å². The molecule has 0 aliphatic carbocycles. The molecule has 0 amide bonds. The predicted molar refractivity (Wildman–Crippen MR) is 100 cm³/mol. The molecule has 3 aromatic rings. The van der Waals surface area contributed by atoms with E-state index in [1.807, 2.05) is 18.2 Å². The molecule has 0 radical (unpaired) electrons. The average Bonchev–Trinajstić information content (AvgIpc) is 2.96. The Morgan fingerprint density at radius 3 is 2.84 bits per heavy atom. The molecule has 1 unspecified atom stereocenters. The lowest BCUT2D eigenvalue weighted by atomic mass is 10.0. The molecule has 0 bridgehead atoms. The Bertz CT molecular complexity index is 939. The number of aromatic hydroxyl groups is 1. The van der Waals surface area contributed by atoms with Crippen LogP contribution in [0.2, 0.25) is 10.0 Å². The number of aromatic nitrogens is 1. The number of phenolic OH excluding ortho intramolecular Hbond substituents is 1. The van der Waals surface area contributed by atoms with Crippen LogP contribution < -0.4 is 0 Å². The number of nitrogens with zero attached hydrogens (tertiary/aromatic N) is 1. The Labute approximate surface area is 155 Å². The van der Waals surface area contributed by atoms with Gasteiger partial charge < -0.3 is 15.2 Å². The van der Waals surface area contributed by atoms with Crippen molar-refractivity contribution in [3.05, 3.63) is 63.3 Å². The van der Waals surface area contributed by atoms with E-state index in [0.717, 1.165) is 40.7 Å². The van der Waals surface area contributed by atoms with Gasteiger partial charge in [-0.2, -0.15) is 0 Å². The van der Waals surface area contributed by atoms with Crippen LogP contribution in [0.4, 0.5) is 0 Å². The summed E-state index contributed by atoms with van der Waals surface area (Å²) in [5.41, 5.74) is 3.89. The fourth-order valence-electron chi connectivity index (χ4n) is 3.57. The Hall–Kier alpha value is -1.72. The van der Waals surface area contributed by atoms with Gasteiger partial charge in [-0.15, -0.1) is 0 Å². The van der Waals surface area contributed by atoms with Crippen LogP contribution >= 0.6 is 23.2 Å². The molecular formula is C19H18Cl2N2O2. The number of halogens is 2. The Kier molecular flexibility index (Phi) is 4.38. The molecule has 0 saturated carbocycles. The monoisotopic (exact) mass is 376 g/mol. The number of benzene rings is 2. The van der Waals surface area contributed by atoms with Crippen molar-refractivity contribution in [1.82, 2.24) is 9.88 Å². The van der Waals surface area contributed by atoms with E-state index in [-0.39, 0.29) is 5.75 Å². The zero-order valence-corrected chi connectivity index (χ0v) is 15.0. The van der Waals surface area contributed by atoms with Crippen LogP contribution in [-0.2, 0) is 13.0 Å². The van der Waals surface area contributed by atoms with Crippen molar-refractivity contribution in [2.45, 2.75) is 19.1 Å². The number of phenols is 1. The highest BCUT2D eigenvalue weighted by molar-refractivity contribution is 6.33. The number of β-amino-alcohol motifs (C(OH)–C–C–N with tert-alkyl or cyclic N) is 1. The molecule has 0 spiro atoms. The maximum absolute atomic E-state index is 10.5. The first-order valence-corrected chi connectivity index (χ1v) is 8.95. The van der Waals surface area contributed by atoms with Gasteiger partial charge in [-0.1, -0.05) is 35.3 Å². The fourth-order valence-corrected chi connectivity index (χ4v) is 3.92. The fraction of sp³-hybridized carbons (Fsp3) is 0.263. The lowest BCUT2D eigenvalue weighted by molar-refractivity contribution is 0.105. The molecule has 2 heterocycles. The number of hydrogen-bond donors (Lipinski definition) is 3. The molecule has 1 atom stereocenters. The van der Waals surface area contributed by atoms with Crippen molar-refractivity contribution in [3.63, 3.8) is 0 Å². The number of rotatable bonds is 3. The lowest BCUT2D eigenvalue weighted by Crippen LogP contribution is -2.33. The minimum atomic E-state index is -0.590. The van der Waals surface area contributed by atoms with Gasteiger partial charge in [0, 0.05) is 41.3 Å². The van der Waals surface area contributed by atoms with E-state index in [4.69, 9.17) is 23.2 Å². The van der Waals surface area contributed by atoms with E-state index in [9.17, 15) is 10.2 Å². The number of aliphatic hydroxyl groups is 1. The van der Waals surface area contributed by atoms with Crippen LogP contribution in [0.15, 0.2) is 36.4 Å². The average molecular weight is 377 g/mol. The van der Waals surface area contributed by atoms with Gasteiger partial charge in [0.15, 0.2) is 0 Å². The zero-order valence-electron chi connectivity index (χ0n) is 13.5. The summed E-state index contributed by atoms with van der Waals surface area (Å²) < 4.78 is 0. The van der Waals surface area contributed by atoms with Crippen molar-refractivity contribution < 1.29 is 10.2 Å². The van der Waals surface area contributed by atoms with Crippen LogP contribution in [0.1, 0.15) is 22.9 Å². The van der Waals surface area contributed by atoms with E-state index in [1.54, 1.807) is 18.2 Å². The van der Waals surface area contributed by atoms with Gasteiger partial charge in [-0.3, -0.25) is 4.90 Å². The molecule has 3 N–H and O–H groups in total. The van der Waals surface area contributed by atoms with Crippen LogP contribution in [0.3, 0.4) is 0 Å². The minimum absolute atomic E-state index is 0.143. The van der Waals surface area contributed by atoms with Crippen LogP contribution in [0, 0.1) is 0 Å². The topological polar surface area (TPSA) is 59.5 Å². The van der Waals surface area contributed by atoms with Crippen molar-refractivity contribution in [2.75, 3.05) is 13.1 Å². The molecule has 1 aromatic heterocycles. The van der Waals surface area contributed by atoms with Gasteiger partial charge in [0.25, 0.3) is 0 Å². The maximum Gasteiger partial charge on any atom is 0.143 e. The summed E-state index contributed by atoms with van der Waals surface area (Å²) in [7, 11) is 0. The first kappa shape index (κ1) is 16.7. The number of nitrogens with one attached hydrogen (secondary N) is 1. The minimum Gasteiger partial charge on any atom is -0.506 e. The Balaban J connectivity index is 1.56. The zero-order chi connectivity index (χ0) is 17.6. The van der Waals surface area contributed by atoms with Crippen LogP contribution in [-0.4, -0.2) is 33.2 Å². The van der Waals surface area contributed by atoms with Gasteiger partial charge in [0.1, 0.15) is 5.75 Å². The molecule has 2 aromatic carbocycles. The van der Waals surface area contributed by atoms with Crippen LogP contribution in [0.5, 0.6) is 5.75 Å². The molecular weight excluding hydrogens is 359 g/mol. The summed E-state index contributed by atoms with van der Waals surface area (Å²) in [6.45, 7) is 2.03. The standard InChI is InChI=1S/C19H18Cl2N2O2/c20-12-3-1-2-11(8-12)17(24)10-23-7-6-13-16(9-23)22-15-5-4-14(21)19(25)18(13)15/h1-5,8,17,22,24-25H,6-7,9-10H2. The first-order chi connectivity index (χ1) is 12.0. The highest BCUT2D eigenvalue weighted by Crippen LogP contribution is 2.38. The molecule has 0 saturated heterocycles. The van der Waals surface area contributed by atoms with E-state index in [0.29, 0.717) is 23.1 Å². The van der Waals surface area contributed by atoms with E-state index < -0.39 is 6.10 Å². The summed E-state index contributed by atoms with van der Waals surface area (Å²) in [6, 6.07) is 10.9. The largest absolute Gasteiger partial charge is 0.506 e. The van der Waals surface area contributed by atoms with E-state index >= 15 is 0 Å². The Morgan fingerprint density at radius 2 is 2.04 bits per heavy atom.